The van der Waals surface area contributed by atoms with Gasteiger partial charge in [-0.05, 0) is 58.9 Å². The summed E-state index contributed by atoms with van der Waals surface area (Å²) in [5.41, 5.74) is 7.90. The van der Waals surface area contributed by atoms with Gasteiger partial charge in [-0.3, -0.25) is 0 Å². The third-order valence-electron chi connectivity index (χ3n) is 3.05. The summed E-state index contributed by atoms with van der Waals surface area (Å²) in [7, 11) is 0. The number of hydrogen-bond donors (Lipinski definition) is 2. The van der Waals surface area contributed by atoms with E-state index in [4.69, 9.17) is 5.73 Å². The molecule has 0 aromatic heterocycles. The van der Waals surface area contributed by atoms with Gasteiger partial charge in [0.15, 0.2) is 0 Å². The van der Waals surface area contributed by atoms with Crippen LogP contribution in [0.1, 0.15) is 31.2 Å². The summed E-state index contributed by atoms with van der Waals surface area (Å²) in [6.07, 6.45) is 5.62. The molecule has 0 amide bonds. The normalized spacial score (nSPS) is 15.3. The van der Waals surface area contributed by atoms with Crippen molar-refractivity contribution in [1.82, 2.24) is 5.32 Å². The maximum atomic E-state index is 5.82. The molecule has 0 aliphatic heterocycles. The molecule has 0 saturated heterocycles. The smallest absolute Gasteiger partial charge is 0.0461 e. The first-order valence-electron chi connectivity index (χ1n) is 6.00. The van der Waals surface area contributed by atoms with Crippen LogP contribution in [0.3, 0.4) is 0 Å². The Morgan fingerprint density at radius 1 is 1.38 bits per heavy atom. The van der Waals surface area contributed by atoms with E-state index in [1.54, 1.807) is 0 Å². The Balaban J connectivity index is 1.65. The first kappa shape index (κ1) is 11.9. The van der Waals surface area contributed by atoms with Gasteiger partial charge in [0.25, 0.3) is 0 Å². The molecule has 1 aliphatic rings. The van der Waals surface area contributed by atoms with Crippen LogP contribution in [0.5, 0.6) is 0 Å². The Bertz CT molecular complexity index is 348. The number of hydrogen-bond acceptors (Lipinski definition) is 2. The van der Waals surface area contributed by atoms with E-state index in [-0.39, 0.29) is 0 Å². The molecule has 3 heteroatoms. The number of nitrogens with one attached hydrogen (secondary N) is 1. The van der Waals surface area contributed by atoms with Crippen LogP contribution in [0, 0.1) is 5.92 Å². The zero-order valence-corrected chi connectivity index (χ0v) is 11.1. The lowest BCUT2D eigenvalue weighted by Crippen LogP contribution is -2.14. The highest BCUT2D eigenvalue weighted by atomic mass is 79.9. The Labute approximate surface area is 106 Å². The van der Waals surface area contributed by atoms with Gasteiger partial charge in [-0.1, -0.05) is 18.9 Å². The molecule has 1 aliphatic carbocycles. The third-order valence-corrected chi connectivity index (χ3v) is 3.77. The zero-order chi connectivity index (χ0) is 11.4. The molecule has 3 N–H and O–H groups in total. The van der Waals surface area contributed by atoms with Gasteiger partial charge in [-0.2, -0.15) is 0 Å². The summed E-state index contributed by atoms with van der Waals surface area (Å²) < 4.78 is 0.977. The molecule has 88 valence electrons. The standard InChI is InChI=1S/C13H19BrN2/c14-12-6-5-11(8-13(12)15)9-16-7-1-2-10-3-4-10/h5-6,8,10,16H,1-4,7,9,15H2. The minimum Gasteiger partial charge on any atom is -0.398 e. The van der Waals surface area contributed by atoms with Crippen LogP contribution in [0.2, 0.25) is 0 Å². The minimum atomic E-state index is 0.817. The second kappa shape index (κ2) is 5.69. The molecule has 1 aromatic carbocycles. The van der Waals surface area contributed by atoms with Gasteiger partial charge in [-0.25, -0.2) is 0 Å². The van der Waals surface area contributed by atoms with Crippen LogP contribution >= 0.6 is 15.9 Å². The molecule has 0 bridgehead atoms. The van der Waals surface area contributed by atoms with Crippen molar-refractivity contribution < 1.29 is 0 Å². The largest absolute Gasteiger partial charge is 0.398 e. The molecule has 2 nitrogen and oxygen atoms in total. The molecule has 0 spiro atoms. The SMILES string of the molecule is Nc1cc(CNCCCC2CC2)ccc1Br. The maximum absolute atomic E-state index is 5.82. The molecule has 0 atom stereocenters. The number of anilines is 1. The van der Waals surface area contributed by atoms with Crippen molar-refractivity contribution in [3.05, 3.63) is 28.2 Å². The van der Waals surface area contributed by atoms with Crippen molar-refractivity contribution in [2.45, 2.75) is 32.2 Å². The fraction of sp³-hybridized carbons (Fsp3) is 0.538. The van der Waals surface area contributed by atoms with E-state index in [9.17, 15) is 0 Å². The molecule has 1 fully saturated rings. The Morgan fingerprint density at radius 3 is 2.88 bits per heavy atom. The van der Waals surface area contributed by atoms with Gasteiger partial charge >= 0.3 is 0 Å². The summed E-state index contributed by atoms with van der Waals surface area (Å²) in [6.45, 7) is 2.04. The van der Waals surface area contributed by atoms with Crippen molar-refractivity contribution in [3.63, 3.8) is 0 Å². The fourth-order valence-corrected chi connectivity index (χ4v) is 2.10. The molecule has 0 radical (unpaired) electrons. The number of benzene rings is 1. The van der Waals surface area contributed by atoms with Crippen molar-refractivity contribution in [2.75, 3.05) is 12.3 Å². The molecular formula is C13H19BrN2. The number of rotatable bonds is 6. The highest BCUT2D eigenvalue weighted by Gasteiger charge is 2.19. The first-order chi connectivity index (χ1) is 7.75. The van der Waals surface area contributed by atoms with Crippen molar-refractivity contribution in [2.24, 2.45) is 5.92 Å². The van der Waals surface area contributed by atoms with Gasteiger partial charge in [0, 0.05) is 16.7 Å². The van der Waals surface area contributed by atoms with Gasteiger partial charge in [0.1, 0.15) is 0 Å². The average Bonchev–Trinajstić information content (AvgIpc) is 3.07. The Morgan fingerprint density at radius 2 is 2.19 bits per heavy atom. The minimum absolute atomic E-state index is 0.817. The van der Waals surface area contributed by atoms with Crippen LogP contribution in [0.15, 0.2) is 22.7 Å². The van der Waals surface area contributed by atoms with E-state index >= 15 is 0 Å². The fourth-order valence-electron chi connectivity index (χ4n) is 1.86. The summed E-state index contributed by atoms with van der Waals surface area (Å²) in [4.78, 5) is 0. The van der Waals surface area contributed by atoms with Crippen molar-refractivity contribution in [3.8, 4) is 0 Å². The molecule has 0 heterocycles. The predicted octanol–water partition coefficient (Wildman–Crippen LogP) is 3.31. The maximum Gasteiger partial charge on any atom is 0.0461 e. The van der Waals surface area contributed by atoms with E-state index in [1.807, 2.05) is 12.1 Å². The van der Waals surface area contributed by atoms with Crippen molar-refractivity contribution >= 4 is 21.6 Å². The molecular weight excluding hydrogens is 264 g/mol. The highest BCUT2D eigenvalue weighted by Crippen LogP contribution is 2.33. The van der Waals surface area contributed by atoms with Crippen LogP contribution in [0.4, 0.5) is 5.69 Å². The average molecular weight is 283 g/mol. The number of nitrogen functional groups attached to an aromatic ring is 1. The summed E-state index contributed by atoms with van der Waals surface area (Å²) in [5.74, 6) is 1.05. The second-order valence-corrected chi connectivity index (χ2v) is 5.47. The van der Waals surface area contributed by atoms with Gasteiger partial charge < -0.3 is 11.1 Å². The monoisotopic (exact) mass is 282 g/mol. The van der Waals surface area contributed by atoms with Crippen LogP contribution < -0.4 is 11.1 Å². The van der Waals surface area contributed by atoms with E-state index < -0.39 is 0 Å². The van der Waals surface area contributed by atoms with Crippen LogP contribution in [-0.4, -0.2) is 6.54 Å². The van der Waals surface area contributed by atoms with Crippen molar-refractivity contribution in [1.29, 1.82) is 0 Å². The molecule has 2 rings (SSSR count). The van der Waals surface area contributed by atoms with Crippen LogP contribution in [-0.2, 0) is 6.54 Å². The zero-order valence-electron chi connectivity index (χ0n) is 9.51. The lowest BCUT2D eigenvalue weighted by atomic mass is 10.2. The third kappa shape index (κ3) is 3.80. The molecule has 16 heavy (non-hydrogen) atoms. The lowest BCUT2D eigenvalue weighted by molar-refractivity contribution is 0.594. The summed E-state index contributed by atoms with van der Waals surface area (Å²) >= 11 is 3.40. The number of nitrogens with two attached hydrogens (primary N) is 1. The Hall–Kier alpha value is -0.540. The Kier molecular flexibility index (Phi) is 4.24. The van der Waals surface area contributed by atoms with E-state index in [1.165, 1.54) is 31.2 Å². The molecule has 1 aromatic rings. The highest BCUT2D eigenvalue weighted by molar-refractivity contribution is 9.10. The van der Waals surface area contributed by atoms with Gasteiger partial charge in [0.2, 0.25) is 0 Å². The van der Waals surface area contributed by atoms with Gasteiger partial charge in [0.05, 0.1) is 0 Å². The van der Waals surface area contributed by atoms with E-state index in [0.717, 1.165) is 29.2 Å². The van der Waals surface area contributed by atoms with Crippen LogP contribution in [0.25, 0.3) is 0 Å². The van der Waals surface area contributed by atoms with E-state index in [0.29, 0.717) is 0 Å². The number of halogens is 1. The predicted molar refractivity (Wildman–Crippen MR) is 72.2 cm³/mol. The van der Waals surface area contributed by atoms with E-state index in [2.05, 4.69) is 27.3 Å². The lowest BCUT2D eigenvalue weighted by Gasteiger charge is -2.06. The quantitative estimate of drug-likeness (QED) is 0.621. The first-order valence-corrected chi connectivity index (χ1v) is 6.79. The topological polar surface area (TPSA) is 38.0 Å². The second-order valence-electron chi connectivity index (χ2n) is 4.62. The van der Waals surface area contributed by atoms with Gasteiger partial charge in [-0.15, -0.1) is 0 Å². The summed E-state index contributed by atoms with van der Waals surface area (Å²) in [6, 6.07) is 6.14. The summed E-state index contributed by atoms with van der Waals surface area (Å²) in [5, 5.41) is 3.46. The molecule has 0 unspecified atom stereocenters. The molecule has 1 saturated carbocycles.